The Morgan fingerprint density at radius 2 is 2.24 bits per heavy atom. The highest BCUT2D eigenvalue weighted by molar-refractivity contribution is 5.93. The molecule has 2 unspecified atom stereocenters. The van der Waals surface area contributed by atoms with Crippen LogP contribution in [-0.2, 0) is 18.3 Å². The zero-order valence-electron chi connectivity index (χ0n) is 12.8. The molecule has 1 aromatic heterocycles. The summed E-state index contributed by atoms with van der Waals surface area (Å²) in [6.45, 7) is 3.70. The second-order valence-corrected chi connectivity index (χ2v) is 5.99. The minimum Gasteiger partial charge on any atom is -0.481 e. The van der Waals surface area contributed by atoms with Crippen LogP contribution in [0.4, 0.5) is 0 Å². The second kappa shape index (κ2) is 5.87. The lowest BCUT2D eigenvalue weighted by Crippen LogP contribution is -2.52. The Labute approximate surface area is 124 Å². The van der Waals surface area contributed by atoms with E-state index in [-0.39, 0.29) is 11.9 Å². The first-order chi connectivity index (χ1) is 9.88. The fraction of sp³-hybridized carbons (Fsp3) is 0.667. The number of hydrogen-bond acceptors (Lipinski definition) is 3. The molecule has 0 spiro atoms. The van der Waals surface area contributed by atoms with Crippen LogP contribution in [0.25, 0.3) is 0 Å². The maximum absolute atomic E-state index is 12.4. The summed E-state index contributed by atoms with van der Waals surface area (Å²) in [5, 5.41) is 16.6. The lowest BCUT2D eigenvalue weighted by atomic mass is 9.71. The van der Waals surface area contributed by atoms with Gasteiger partial charge in [0.05, 0.1) is 11.1 Å². The molecule has 1 amide bonds. The van der Waals surface area contributed by atoms with Gasteiger partial charge >= 0.3 is 5.97 Å². The van der Waals surface area contributed by atoms with Crippen molar-refractivity contribution < 1.29 is 14.7 Å². The summed E-state index contributed by atoms with van der Waals surface area (Å²) in [6.07, 6.45) is 3.89. The predicted octanol–water partition coefficient (Wildman–Crippen LogP) is 1.75. The smallest absolute Gasteiger partial charge is 0.311 e. The number of aromatic nitrogens is 2. The predicted molar refractivity (Wildman–Crippen MR) is 78.1 cm³/mol. The third-order valence-corrected chi connectivity index (χ3v) is 4.53. The average Bonchev–Trinajstić information content (AvgIpc) is 2.82. The number of nitrogens with zero attached hydrogens (tertiary/aromatic N) is 2. The normalized spacial score (nSPS) is 25.6. The molecule has 0 saturated heterocycles. The van der Waals surface area contributed by atoms with Gasteiger partial charge in [-0.15, -0.1) is 0 Å². The van der Waals surface area contributed by atoms with Gasteiger partial charge in [-0.1, -0.05) is 19.8 Å². The van der Waals surface area contributed by atoms with E-state index in [4.69, 9.17) is 0 Å². The highest BCUT2D eigenvalue weighted by Gasteiger charge is 2.44. The van der Waals surface area contributed by atoms with Crippen LogP contribution < -0.4 is 5.32 Å². The zero-order valence-corrected chi connectivity index (χ0v) is 12.8. The minimum atomic E-state index is -0.889. The first kappa shape index (κ1) is 15.5. The summed E-state index contributed by atoms with van der Waals surface area (Å²) >= 11 is 0. The molecule has 1 aliphatic rings. The minimum absolute atomic E-state index is 0.246. The third-order valence-electron chi connectivity index (χ3n) is 4.53. The number of nitrogens with one attached hydrogen (secondary N) is 1. The topological polar surface area (TPSA) is 84.2 Å². The highest BCUT2D eigenvalue weighted by atomic mass is 16.4. The number of aliphatic carboxylic acids is 1. The molecule has 1 heterocycles. The van der Waals surface area contributed by atoms with Gasteiger partial charge in [0.1, 0.15) is 5.69 Å². The van der Waals surface area contributed by atoms with E-state index in [1.807, 2.05) is 6.92 Å². The average molecular weight is 293 g/mol. The summed E-state index contributed by atoms with van der Waals surface area (Å²) in [7, 11) is 1.73. The van der Waals surface area contributed by atoms with Crippen LogP contribution >= 0.6 is 0 Å². The Bertz CT molecular complexity index is 552. The summed E-state index contributed by atoms with van der Waals surface area (Å²) < 4.78 is 1.55. The Morgan fingerprint density at radius 1 is 1.52 bits per heavy atom. The molecule has 116 valence electrons. The van der Waals surface area contributed by atoms with Gasteiger partial charge in [-0.05, 0) is 32.3 Å². The summed E-state index contributed by atoms with van der Waals surface area (Å²) in [5.41, 5.74) is 0.442. The van der Waals surface area contributed by atoms with E-state index in [1.165, 1.54) is 0 Å². The lowest BCUT2D eigenvalue weighted by molar-refractivity contribution is -0.151. The Kier molecular flexibility index (Phi) is 4.34. The van der Waals surface area contributed by atoms with E-state index in [0.717, 1.165) is 25.0 Å². The van der Waals surface area contributed by atoms with Gasteiger partial charge in [-0.3, -0.25) is 14.3 Å². The third kappa shape index (κ3) is 2.94. The van der Waals surface area contributed by atoms with Crippen LogP contribution in [0.3, 0.4) is 0 Å². The Hall–Kier alpha value is -1.85. The second-order valence-electron chi connectivity index (χ2n) is 5.99. The fourth-order valence-corrected chi connectivity index (χ4v) is 2.97. The van der Waals surface area contributed by atoms with Gasteiger partial charge < -0.3 is 10.4 Å². The van der Waals surface area contributed by atoms with Crippen LogP contribution in [0, 0.1) is 5.41 Å². The number of amides is 1. The molecule has 6 nitrogen and oxygen atoms in total. The molecule has 2 atom stereocenters. The Morgan fingerprint density at radius 3 is 2.81 bits per heavy atom. The van der Waals surface area contributed by atoms with Crippen molar-refractivity contribution in [3.8, 4) is 0 Å². The quantitative estimate of drug-likeness (QED) is 0.885. The molecule has 1 aromatic rings. The molecule has 0 aromatic carbocycles. The maximum Gasteiger partial charge on any atom is 0.311 e. The monoisotopic (exact) mass is 293 g/mol. The number of carbonyl (C=O) groups excluding carboxylic acids is 1. The number of carbonyl (C=O) groups is 2. The largest absolute Gasteiger partial charge is 0.481 e. The van der Waals surface area contributed by atoms with E-state index in [1.54, 1.807) is 24.7 Å². The van der Waals surface area contributed by atoms with Crippen molar-refractivity contribution in [3.05, 3.63) is 17.5 Å². The molecule has 2 rings (SSSR count). The molecule has 0 aliphatic heterocycles. The highest BCUT2D eigenvalue weighted by Crippen LogP contribution is 2.36. The standard InChI is InChI=1S/C15H23N3O3/c1-4-10-9-11(18(3)17-10)13(19)16-12-7-5-6-8-15(12,2)14(20)21/h9,12H,4-8H2,1-3H3,(H,16,19)(H,20,21). The zero-order chi connectivity index (χ0) is 15.6. The molecule has 1 saturated carbocycles. The molecule has 21 heavy (non-hydrogen) atoms. The van der Waals surface area contributed by atoms with Crippen LogP contribution in [0.15, 0.2) is 6.07 Å². The molecule has 0 radical (unpaired) electrons. The van der Waals surface area contributed by atoms with Crippen LogP contribution in [0.2, 0.25) is 0 Å². The molecule has 6 heteroatoms. The summed E-state index contributed by atoms with van der Waals surface area (Å²) in [5.74, 6) is -1.09. The van der Waals surface area contributed by atoms with Crippen molar-refractivity contribution in [2.24, 2.45) is 12.5 Å². The van der Waals surface area contributed by atoms with Crippen LogP contribution in [-0.4, -0.2) is 32.8 Å². The fourth-order valence-electron chi connectivity index (χ4n) is 2.97. The molecule has 0 bridgehead atoms. The van der Waals surface area contributed by atoms with Crippen molar-refractivity contribution in [3.63, 3.8) is 0 Å². The van der Waals surface area contributed by atoms with Crippen molar-refractivity contribution in [1.29, 1.82) is 0 Å². The van der Waals surface area contributed by atoms with Crippen LogP contribution in [0.5, 0.6) is 0 Å². The van der Waals surface area contributed by atoms with Gasteiger partial charge in [0.2, 0.25) is 0 Å². The number of carboxylic acid groups (broad SMARTS) is 1. The van der Waals surface area contributed by atoms with E-state index in [0.29, 0.717) is 18.5 Å². The number of carboxylic acids is 1. The van der Waals surface area contributed by atoms with Gasteiger partial charge in [-0.25, -0.2) is 0 Å². The molecular formula is C15H23N3O3. The molecule has 1 aliphatic carbocycles. The first-order valence-corrected chi connectivity index (χ1v) is 7.45. The van der Waals surface area contributed by atoms with E-state index < -0.39 is 11.4 Å². The van der Waals surface area contributed by atoms with Gasteiger partial charge in [-0.2, -0.15) is 5.10 Å². The van der Waals surface area contributed by atoms with Gasteiger partial charge in [0.25, 0.3) is 5.91 Å². The van der Waals surface area contributed by atoms with E-state index in [9.17, 15) is 14.7 Å². The van der Waals surface area contributed by atoms with Crippen molar-refractivity contribution in [2.45, 2.75) is 52.0 Å². The summed E-state index contributed by atoms with van der Waals surface area (Å²) in [6, 6.07) is 1.42. The Balaban J connectivity index is 2.17. The van der Waals surface area contributed by atoms with Crippen molar-refractivity contribution >= 4 is 11.9 Å². The number of hydrogen-bond donors (Lipinski definition) is 2. The molecule has 2 N–H and O–H groups in total. The van der Waals surface area contributed by atoms with Gasteiger partial charge in [0, 0.05) is 13.1 Å². The molecule has 1 fully saturated rings. The molecular weight excluding hydrogens is 270 g/mol. The number of aryl methyl sites for hydroxylation is 2. The van der Waals surface area contributed by atoms with Crippen molar-refractivity contribution in [1.82, 2.24) is 15.1 Å². The SMILES string of the molecule is CCc1cc(C(=O)NC2CCCCC2(C)C(=O)O)n(C)n1. The summed E-state index contributed by atoms with van der Waals surface area (Å²) in [4.78, 5) is 24.0. The van der Waals surface area contributed by atoms with Crippen LogP contribution in [0.1, 0.15) is 55.7 Å². The lowest BCUT2D eigenvalue weighted by Gasteiger charge is -2.38. The van der Waals surface area contributed by atoms with E-state index >= 15 is 0 Å². The number of rotatable bonds is 4. The maximum atomic E-state index is 12.4. The van der Waals surface area contributed by atoms with Gasteiger partial charge in [0.15, 0.2) is 0 Å². The van der Waals surface area contributed by atoms with E-state index in [2.05, 4.69) is 10.4 Å². The first-order valence-electron chi connectivity index (χ1n) is 7.45. The van der Waals surface area contributed by atoms with Crippen molar-refractivity contribution in [2.75, 3.05) is 0 Å².